The van der Waals surface area contributed by atoms with Gasteiger partial charge in [-0.2, -0.15) is 0 Å². The normalized spacial score (nSPS) is 11.7. The first-order chi connectivity index (χ1) is 8.96. The zero-order valence-corrected chi connectivity index (χ0v) is 12.9. The maximum absolute atomic E-state index is 11.0. The summed E-state index contributed by atoms with van der Waals surface area (Å²) >= 11 is 2.79. The van der Waals surface area contributed by atoms with Crippen LogP contribution in [-0.2, 0) is 22.2 Å². The average molecular weight is 319 g/mol. The molecule has 0 aliphatic carbocycles. The van der Waals surface area contributed by atoms with Gasteiger partial charge in [0.2, 0.25) is 15.9 Å². The molecule has 2 aromatic rings. The van der Waals surface area contributed by atoms with E-state index >= 15 is 0 Å². The molecule has 9 heteroatoms. The van der Waals surface area contributed by atoms with Crippen molar-refractivity contribution in [3.05, 3.63) is 24.0 Å². The van der Waals surface area contributed by atoms with Crippen LogP contribution in [0.2, 0.25) is 0 Å². The van der Waals surface area contributed by atoms with Crippen LogP contribution >= 0.6 is 23.1 Å². The second kappa shape index (κ2) is 5.93. The summed E-state index contributed by atoms with van der Waals surface area (Å²) in [7, 11) is -3.27. The van der Waals surface area contributed by atoms with Crippen LogP contribution in [-0.4, -0.2) is 24.6 Å². The summed E-state index contributed by atoms with van der Waals surface area (Å²) in [4.78, 5) is 8.15. The number of hydrogen-bond acceptors (Lipinski definition) is 7. The number of rotatable bonds is 6. The Morgan fingerprint density at radius 2 is 2.21 bits per heavy atom. The number of aromatic nitrogens is 2. The number of sulfonamides is 1. The molecule has 1 N–H and O–H groups in total. The van der Waals surface area contributed by atoms with E-state index in [9.17, 15) is 8.42 Å². The molecule has 0 unspecified atom stereocenters. The average Bonchev–Trinajstić information content (AvgIpc) is 2.93. The minimum Gasteiger partial charge on any atom is -0.445 e. The highest BCUT2D eigenvalue weighted by molar-refractivity contribution is 8.00. The Balaban J connectivity index is 1.93. The van der Waals surface area contributed by atoms with Gasteiger partial charge in [0.1, 0.15) is 5.76 Å². The topological polar surface area (TPSA) is 85.1 Å². The minimum absolute atomic E-state index is 0.367. The Morgan fingerprint density at radius 3 is 2.84 bits per heavy atom. The first-order valence-corrected chi connectivity index (χ1v) is 9.15. The van der Waals surface area contributed by atoms with Gasteiger partial charge in [0.25, 0.3) is 0 Å². The third-order valence-electron chi connectivity index (χ3n) is 2.04. The summed E-state index contributed by atoms with van der Waals surface area (Å²) < 4.78 is 30.8. The number of thioether (sulfide) groups is 1. The lowest BCUT2D eigenvalue weighted by Crippen LogP contribution is -2.08. The molecular weight excluding hydrogens is 306 g/mol. The molecule has 2 aromatic heterocycles. The second-order valence-corrected chi connectivity index (χ2v) is 7.78. The van der Waals surface area contributed by atoms with E-state index in [1.807, 2.05) is 6.92 Å². The molecule has 0 radical (unpaired) electrons. The molecule has 0 amide bonds. The molecule has 2 heterocycles. The van der Waals surface area contributed by atoms with Gasteiger partial charge in [0, 0.05) is 6.42 Å². The van der Waals surface area contributed by atoms with E-state index in [1.54, 1.807) is 12.4 Å². The van der Waals surface area contributed by atoms with Gasteiger partial charge in [0.05, 0.1) is 28.6 Å². The van der Waals surface area contributed by atoms with Crippen LogP contribution in [0.1, 0.15) is 18.6 Å². The van der Waals surface area contributed by atoms with E-state index in [0.29, 0.717) is 16.8 Å². The molecule has 0 atom stereocenters. The van der Waals surface area contributed by atoms with Gasteiger partial charge in [0.15, 0.2) is 5.13 Å². The maximum atomic E-state index is 11.0. The number of nitrogens with zero attached hydrogens (tertiary/aromatic N) is 2. The fraction of sp³-hybridized carbons (Fsp3) is 0.400. The van der Waals surface area contributed by atoms with Crippen molar-refractivity contribution in [2.75, 3.05) is 11.0 Å². The molecule has 2 rings (SSSR count). The Hall–Kier alpha value is -1.06. The number of hydrogen-bond donors (Lipinski definition) is 1. The summed E-state index contributed by atoms with van der Waals surface area (Å²) in [5, 5.41) is 0.367. The summed E-state index contributed by atoms with van der Waals surface area (Å²) in [6.07, 6.45) is 5.27. The van der Waals surface area contributed by atoms with Crippen molar-refractivity contribution in [3.63, 3.8) is 0 Å². The van der Waals surface area contributed by atoms with Crippen molar-refractivity contribution in [3.8, 4) is 0 Å². The molecule has 0 spiro atoms. The van der Waals surface area contributed by atoms with Crippen molar-refractivity contribution in [2.24, 2.45) is 0 Å². The number of nitrogens with one attached hydrogen (secondary N) is 1. The van der Waals surface area contributed by atoms with Gasteiger partial charge in [-0.1, -0.05) is 18.3 Å². The van der Waals surface area contributed by atoms with Gasteiger partial charge in [-0.25, -0.2) is 18.4 Å². The molecule has 19 heavy (non-hydrogen) atoms. The molecule has 0 bridgehead atoms. The van der Waals surface area contributed by atoms with Gasteiger partial charge in [-0.3, -0.25) is 4.72 Å². The van der Waals surface area contributed by atoms with Crippen molar-refractivity contribution < 1.29 is 12.8 Å². The van der Waals surface area contributed by atoms with E-state index in [2.05, 4.69) is 14.7 Å². The largest absolute Gasteiger partial charge is 0.445 e. The predicted molar refractivity (Wildman–Crippen MR) is 76.0 cm³/mol. The third kappa shape index (κ3) is 4.51. The van der Waals surface area contributed by atoms with Crippen molar-refractivity contribution >= 4 is 38.3 Å². The van der Waals surface area contributed by atoms with Crippen LogP contribution in [0.15, 0.2) is 21.0 Å². The minimum atomic E-state index is -3.27. The lowest BCUT2D eigenvalue weighted by Gasteiger charge is -1.96. The van der Waals surface area contributed by atoms with Gasteiger partial charge < -0.3 is 4.42 Å². The predicted octanol–water partition coefficient (Wildman–Crippen LogP) is 2.36. The van der Waals surface area contributed by atoms with E-state index < -0.39 is 10.0 Å². The molecule has 0 aliphatic rings. The smallest absolute Gasteiger partial charge is 0.231 e. The SMILES string of the molecule is CCc1cnc(CSc2cnc(NS(C)(=O)=O)s2)o1. The molecular formula is C10H13N3O3S3. The van der Waals surface area contributed by atoms with Crippen LogP contribution in [0.4, 0.5) is 5.13 Å². The van der Waals surface area contributed by atoms with Crippen LogP contribution in [0.3, 0.4) is 0 Å². The Kier molecular flexibility index (Phi) is 4.48. The first-order valence-electron chi connectivity index (χ1n) is 5.46. The van der Waals surface area contributed by atoms with Crippen LogP contribution < -0.4 is 4.72 Å². The van der Waals surface area contributed by atoms with E-state index in [-0.39, 0.29) is 0 Å². The Morgan fingerprint density at radius 1 is 1.42 bits per heavy atom. The summed E-state index contributed by atoms with van der Waals surface area (Å²) in [6, 6.07) is 0. The number of aryl methyl sites for hydroxylation is 1. The Labute approximate surface area is 119 Å². The third-order valence-corrected chi connectivity index (χ3v) is 4.83. The molecule has 0 saturated carbocycles. The van der Waals surface area contributed by atoms with Crippen LogP contribution in [0.25, 0.3) is 0 Å². The van der Waals surface area contributed by atoms with Crippen LogP contribution in [0.5, 0.6) is 0 Å². The number of thiazole rings is 1. The maximum Gasteiger partial charge on any atom is 0.231 e. The van der Waals surface area contributed by atoms with Gasteiger partial charge >= 0.3 is 0 Å². The van der Waals surface area contributed by atoms with Gasteiger partial charge in [-0.15, -0.1) is 11.8 Å². The van der Waals surface area contributed by atoms with Crippen molar-refractivity contribution in [1.82, 2.24) is 9.97 Å². The Bertz CT molecular complexity index is 648. The van der Waals surface area contributed by atoms with Crippen LogP contribution in [0, 0.1) is 0 Å². The highest BCUT2D eigenvalue weighted by atomic mass is 32.2. The first kappa shape index (κ1) is 14.4. The highest BCUT2D eigenvalue weighted by Crippen LogP contribution is 2.30. The molecule has 104 valence electrons. The molecule has 6 nitrogen and oxygen atoms in total. The van der Waals surface area contributed by atoms with E-state index in [0.717, 1.165) is 22.6 Å². The van der Waals surface area contributed by atoms with Crippen molar-refractivity contribution in [1.29, 1.82) is 0 Å². The summed E-state index contributed by atoms with van der Waals surface area (Å²) in [5.41, 5.74) is 0. The quantitative estimate of drug-likeness (QED) is 0.823. The second-order valence-electron chi connectivity index (χ2n) is 3.72. The highest BCUT2D eigenvalue weighted by Gasteiger charge is 2.09. The molecule has 0 saturated heterocycles. The molecule has 0 fully saturated rings. The van der Waals surface area contributed by atoms with Crippen molar-refractivity contribution in [2.45, 2.75) is 23.3 Å². The summed E-state index contributed by atoms with van der Waals surface area (Å²) in [6.45, 7) is 2.00. The zero-order valence-electron chi connectivity index (χ0n) is 10.4. The zero-order chi connectivity index (χ0) is 13.9. The summed E-state index contributed by atoms with van der Waals surface area (Å²) in [5.74, 6) is 2.12. The fourth-order valence-electron chi connectivity index (χ4n) is 1.24. The monoisotopic (exact) mass is 319 g/mol. The molecule has 0 aliphatic heterocycles. The van der Waals surface area contributed by atoms with Gasteiger partial charge in [-0.05, 0) is 0 Å². The van der Waals surface area contributed by atoms with E-state index in [1.165, 1.54) is 23.1 Å². The standard InChI is InChI=1S/C10H13N3O3S3/c1-3-7-4-11-8(16-7)6-17-9-5-12-10(18-9)13-19(2,14)15/h4-5H,3,6H2,1-2H3,(H,12,13). The fourth-order valence-corrected chi connectivity index (χ4v) is 3.81. The number of anilines is 1. The molecule has 0 aromatic carbocycles. The lowest BCUT2D eigenvalue weighted by atomic mass is 10.4. The number of oxazole rings is 1. The lowest BCUT2D eigenvalue weighted by molar-refractivity contribution is 0.476. The van der Waals surface area contributed by atoms with E-state index in [4.69, 9.17) is 4.42 Å².